The van der Waals surface area contributed by atoms with Gasteiger partial charge in [-0.2, -0.15) is 0 Å². The van der Waals surface area contributed by atoms with E-state index in [1.54, 1.807) is 0 Å². The lowest BCUT2D eigenvalue weighted by atomic mass is 9.96. The second-order valence-electron chi connectivity index (χ2n) is 6.54. The van der Waals surface area contributed by atoms with Gasteiger partial charge in [-0.25, -0.2) is 0 Å². The molecular formula is C22H24N2. The van der Waals surface area contributed by atoms with Crippen molar-refractivity contribution in [3.05, 3.63) is 94.0 Å². The maximum absolute atomic E-state index is 5.83. The molecule has 0 unspecified atom stereocenters. The molecule has 2 nitrogen and oxygen atoms in total. The molecule has 3 aromatic carbocycles. The van der Waals surface area contributed by atoms with E-state index in [0.29, 0.717) is 0 Å². The minimum Gasteiger partial charge on any atom is -0.399 e. The number of aryl methyl sites for hydroxylation is 2. The van der Waals surface area contributed by atoms with E-state index in [0.717, 1.165) is 24.2 Å². The first-order valence-electron chi connectivity index (χ1n) is 8.29. The Kier molecular flexibility index (Phi) is 4.57. The van der Waals surface area contributed by atoms with E-state index in [2.05, 4.69) is 50.2 Å². The van der Waals surface area contributed by atoms with E-state index in [-0.39, 0.29) is 0 Å². The van der Waals surface area contributed by atoms with Crippen LogP contribution in [0, 0.1) is 13.8 Å². The van der Waals surface area contributed by atoms with E-state index in [4.69, 9.17) is 11.5 Å². The van der Waals surface area contributed by atoms with Gasteiger partial charge in [0.25, 0.3) is 0 Å². The van der Waals surface area contributed by atoms with Crippen LogP contribution in [-0.4, -0.2) is 0 Å². The molecule has 0 fully saturated rings. The highest BCUT2D eigenvalue weighted by Gasteiger charge is 2.04. The molecule has 0 aliphatic carbocycles. The van der Waals surface area contributed by atoms with E-state index < -0.39 is 0 Å². The lowest BCUT2D eigenvalue weighted by Gasteiger charge is -2.09. The van der Waals surface area contributed by atoms with Crippen LogP contribution in [-0.2, 0) is 12.8 Å². The van der Waals surface area contributed by atoms with E-state index in [9.17, 15) is 0 Å². The molecule has 3 aromatic rings. The Morgan fingerprint density at radius 3 is 1.29 bits per heavy atom. The maximum Gasteiger partial charge on any atom is 0.0316 e. The summed E-state index contributed by atoms with van der Waals surface area (Å²) in [6.07, 6.45) is 1.88. The molecule has 0 bridgehead atoms. The largest absolute Gasteiger partial charge is 0.399 e. The molecule has 0 aliphatic heterocycles. The quantitative estimate of drug-likeness (QED) is 0.688. The molecule has 0 saturated carbocycles. The third kappa shape index (κ3) is 3.77. The second kappa shape index (κ2) is 6.79. The van der Waals surface area contributed by atoms with E-state index in [1.807, 2.05) is 24.3 Å². The molecule has 0 heterocycles. The van der Waals surface area contributed by atoms with Crippen LogP contribution in [0.3, 0.4) is 0 Å². The number of hydrogen-bond acceptors (Lipinski definition) is 2. The van der Waals surface area contributed by atoms with Gasteiger partial charge in [0.15, 0.2) is 0 Å². The molecule has 24 heavy (non-hydrogen) atoms. The van der Waals surface area contributed by atoms with Crippen LogP contribution in [0.1, 0.15) is 33.4 Å². The van der Waals surface area contributed by atoms with Crippen molar-refractivity contribution in [2.45, 2.75) is 26.7 Å². The normalized spacial score (nSPS) is 10.8. The van der Waals surface area contributed by atoms with Crippen molar-refractivity contribution in [3.8, 4) is 0 Å². The number of hydrogen-bond donors (Lipinski definition) is 2. The van der Waals surface area contributed by atoms with Crippen molar-refractivity contribution in [1.82, 2.24) is 0 Å². The average Bonchev–Trinajstić information content (AvgIpc) is 2.54. The highest BCUT2D eigenvalue weighted by atomic mass is 14.5. The summed E-state index contributed by atoms with van der Waals surface area (Å²) in [7, 11) is 0. The number of nitrogen functional groups attached to an aromatic ring is 2. The van der Waals surface area contributed by atoms with Crippen LogP contribution >= 0.6 is 0 Å². The van der Waals surface area contributed by atoms with Crippen LogP contribution < -0.4 is 11.5 Å². The fraction of sp³-hybridized carbons (Fsp3) is 0.182. The SMILES string of the molecule is Cc1cc(N)ccc1Cc1ccc(Cc2ccc(N)cc2C)cc1. The average molecular weight is 316 g/mol. The number of anilines is 2. The fourth-order valence-corrected chi connectivity index (χ4v) is 3.05. The second-order valence-corrected chi connectivity index (χ2v) is 6.54. The molecule has 0 spiro atoms. The first kappa shape index (κ1) is 16.1. The number of rotatable bonds is 4. The minimum absolute atomic E-state index is 0.825. The first-order valence-corrected chi connectivity index (χ1v) is 8.29. The Bertz CT molecular complexity index is 776. The topological polar surface area (TPSA) is 52.0 Å². The van der Waals surface area contributed by atoms with Gasteiger partial charge >= 0.3 is 0 Å². The van der Waals surface area contributed by atoms with Crippen molar-refractivity contribution in [2.75, 3.05) is 11.5 Å². The Hall–Kier alpha value is -2.74. The molecule has 122 valence electrons. The maximum atomic E-state index is 5.83. The lowest BCUT2D eigenvalue weighted by molar-refractivity contribution is 1.12. The molecule has 0 aliphatic rings. The zero-order valence-electron chi connectivity index (χ0n) is 14.3. The monoisotopic (exact) mass is 316 g/mol. The van der Waals surface area contributed by atoms with Gasteiger partial charge in [0, 0.05) is 11.4 Å². The third-order valence-corrected chi connectivity index (χ3v) is 4.55. The molecule has 0 radical (unpaired) electrons. The van der Waals surface area contributed by atoms with Crippen LogP contribution in [0.4, 0.5) is 11.4 Å². The molecule has 0 saturated heterocycles. The van der Waals surface area contributed by atoms with Crippen LogP contribution in [0.2, 0.25) is 0 Å². The molecule has 0 atom stereocenters. The number of nitrogens with two attached hydrogens (primary N) is 2. The summed E-state index contributed by atoms with van der Waals surface area (Å²) in [6.45, 7) is 4.23. The highest BCUT2D eigenvalue weighted by molar-refractivity contribution is 5.47. The fourth-order valence-electron chi connectivity index (χ4n) is 3.05. The van der Waals surface area contributed by atoms with Gasteiger partial charge in [0.1, 0.15) is 0 Å². The molecule has 0 amide bonds. The van der Waals surface area contributed by atoms with Gasteiger partial charge in [-0.05, 0) is 84.3 Å². The zero-order chi connectivity index (χ0) is 17.1. The van der Waals surface area contributed by atoms with Crippen LogP contribution in [0.15, 0.2) is 60.7 Å². The summed E-state index contributed by atoms with van der Waals surface area (Å²) in [4.78, 5) is 0. The van der Waals surface area contributed by atoms with E-state index >= 15 is 0 Å². The summed E-state index contributed by atoms with van der Waals surface area (Å²) < 4.78 is 0. The smallest absolute Gasteiger partial charge is 0.0316 e. The van der Waals surface area contributed by atoms with Gasteiger partial charge in [0.2, 0.25) is 0 Å². The Morgan fingerprint density at radius 1 is 0.583 bits per heavy atom. The molecule has 2 heteroatoms. The van der Waals surface area contributed by atoms with Gasteiger partial charge in [-0.3, -0.25) is 0 Å². The summed E-state index contributed by atoms with van der Waals surface area (Å²) in [5.41, 5.74) is 21.1. The van der Waals surface area contributed by atoms with Gasteiger partial charge < -0.3 is 11.5 Å². The predicted octanol–water partition coefficient (Wildman–Crippen LogP) is 4.65. The highest BCUT2D eigenvalue weighted by Crippen LogP contribution is 2.20. The van der Waals surface area contributed by atoms with Crippen molar-refractivity contribution in [1.29, 1.82) is 0 Å². The Balaban J connectivity index is 1.73. The Labute approximate surface area is 144 Å². The summed E-state index contributed by atoms with van der Waals surface area (Å²) in [5, 5.41) is 0. The third-order valence-electron chi connectivity index (χ3n) is 4.55. The molecular weight excluding hydrogens is 292 g/mol. The van der Waals surface area contributed by atoms with Crippen molar-refractivity contribution in [3.63, 3.8) is 0 Å². The van der Waals surface area contributed by atoms with Crippen LogP contribution in [0.5, 0.6) is 0 Å². The molecule has 4 N–H and O–H groups in total. The van der Waals surface area contributed by atoms with Gasteiger partial charge in [0.05, 0.1) is 0 Å². The van der Waals surface area contributed by atoms with Crippen molar-refractivity contribution >= 4 is 11.4 Å². The van der Waals surface area contributed by atoms with Crippen molar-refractivity contribution < 1.29 is 0 Å². The van der Waals surface area contributed by atoms with Gasteiger partial charge in [-0.1, -0.05) is 36.4 Å². The van der Waals surface area contributed by atoms with Gasteiger partial charge in [-0.15, -0.1) is 0 Å². The first-order chi connectivity index (χ1) is 11.5. The zero-order valence-corrected chi connectivity index (χ0v) is 14.3. The summed E-state index contributed by atoms with van der Waals surface area (Å²) in [6, 6.07) is 21.1. The molecule has 0 aromatic heterocycles. The predicted molar refractivity (Wildman–Crippen MR) is 103 cm³/mol. The number of benzene rings is 3. The standard InChI is InChI=1S/C22H24N2/c1-15-11-21(23)9-7-19(15)13-17-3-5-18(6-4-17)14-20-8-10-22(24)12-16(20)2/h3-12H,13-14,23-24H2,1-2H3. The minimum atomic E-state index is 0.825. The summed E-state index contributed by atoms with van der Waals surface area (Å²) in [5.74, 6) is 0. The summed E-state index contributed by atoms with van der Waals surface area (Å²) >= 11 is 0. The van der Waals surface area contributed by atoms with Crippen LogP contribution in [0.25, 0.3) is 0 Å². The molecule has 3 rings (SSSR count). The Morgan fingerprint density at radius 2 is 0.958 bits per heavy atom. The van der Waals surface area contributed by atoms with Crippen molar-refractivity contribution in [2.24, 2.45) is 0 Å². The lowest BCUT2D eigenvalue weighted by Crippen LogP contribution is -1.96. The van der Waals surface area contributed by atoms with E-state index in [1.165, 1.54) is 33.4 Å².